The molecular weight excluding hydrogens is 345 g/mol. The van der Waals surface area contributed by atoms with E-state index in [1.54, 1.807) is 12.1 Å². The average Bonchev–Trinajstić information content (AvgIpc) is 2.94. The van der Waals surface area contributed by atoms with E-state index in [0.29, 0.717) is 5.75 Å². The van der Waals surface area contributed by atoms with Crippen molar-refractivity contribution in [3.05, 3.63) is 59.9 Å². The maximum absolute atomic E-state index is 13.0. The van der Waals surface area contributed by atoms with Gasteiger partial charge in [0.2, 0.25) is 0 Å². The molecule has 2 bridgehead atoms. The normalized spacial score (nSPS) is 23.9. The van der Waals surface area contributed by atoms with Gasteiger partial charge in [0.25, 0.3) is 5.91 Å². The smallest absolute Gasteiger partial charge is 0.261 e. The van der Waals surface area contributed by atoms with Crippen LogP contribution in [0.15, 0.2) is 48.5 Å². The van der Waals surface area contributed by atoms with Crippen LogP contribution in [0, 0.1) is 12.7 Å². The summed E-state index contributed by atoms with van der Waals surface area (Å²) in [6.45, 7) is 2.09. The number of nitrogens with zero attached hydrogens (tertiary/aromatic N) is 1. The van der Waals surface area contributed by atoms with E-state index >= 15 is 0 Å². The molecule has 2 saturated heterocycles. The van der Waals surface area contributed by atoms with Crippen molar-refractivity contribution in [2.45, 2.75) is 50.8 Å². The maximum atomic E-state index is 13.0. The molecule has 0 N–H and O–H groups in total. The molecule has 27 heavy (non-hydrogen) atoms. The molecule has 0 radical (unpaired) electrons. The van der Waals surface area contributed by atoms with Crippen molar-refractivity contribution < 1.29 is 18.7 Å². The number of amides is 1. The first-order valence-electron chi connectivity index (χ1n) is 9.51. The topological polar surface area (TPSA) is 38.8 Å². The highest BCUT2D eigenvalue weighted by Gasteiger charge is 2.44. The molecule has 0 saturated carbocycles. The number of benzene rings is 2. The van der Waals surface area contributed by atoms with Crippen molar-refractivity contribution in [2.75, 3.05) is 6.61 Å². The van der Waals surface area contributed by atoms with Gasteiger partial charge < -0.3 is 14.4 Å². The van der Waals surface area contributed by atoms with Crippen molar-refractivity contribution in [1.82, 2.24) is 4.90 Å². The largest absolute Gasteiger partial charge is 0.490 e. The second kappa shape index (κ2) is 7.59. The highest BCUT2D eigenvalue weighted by atomic mass is 19.1. The van der Waals surface area contributed by atoms with Crippen LogP contribution in [0.1, 0.15) is 31.2 Å². The zero-order chi connectivity index (χ0) is 18.8. The average molecular weight is 369 g/mol. The number of piperidine rings is 1. The summed E-state index contributed by atoms with van der Waals surface area (Å²) in [5.74, 6) is 1.18. The molecule has 0 aromatic heterocycles. The highest BCUT2D eigenvalue weighted by molar-refractivity contribution is 5.79. The number of rotatable bonds is 5. The lowest BCUT2D eigenvalue weighted by Gasteiger charge is -2.38. The molecule has 1 unspecified atom stereocenters. The Hall–Kier alpha value is -2.56. The fourth-order valence-electron chi connectivity index (χ4n) is 4.19. The Bertz CT molecular complexity index is 776. The summed E-state index contributed by atoms with van der Waals surface area (Å²) >= 11 is 0. The van der Waals surface area contributed by atoms with Crippen LogP contribution < -0.4 is 9.47 Å². The number of hydrogen-bond donors (Lipinski definition) is 0. The van der Waals surface area contributed by atoms with Crippen LogP contribution in [0.5, 0.6) is 11.5 Å². The molecule has 0 spiro atoms. The van der Waals surface area contributed by atoms with Gasteiger partial charge in [0.05, 0.1) is 0 Å². The zero-order valence-corrected chi connectivity index (χ0v) is 15.4. The number of aryl methyl sites for hydroxylation is 1. The van der Waals surface area contributed by atoms with Gasteiger partial charge in [-0.2, -0.15) is 0 Å². The van der Waals surface area contributed by atoms with E-state index in [1.807, 2.05) is 36.1 Å². The lowest BCUT2D eigenvalue weighted by atomic mass is 9.99. The fraction of sp³-hybridized carbons (Fsp3) is 0.409. The van der Waals surface area contributed by atoms with Gasteiger partial charge in [-0.3, -0.25) is 4.79 Å². The Labute approximate surface area is 158 Å². The van der Waals surface area contributed by atoms with E-state index in [2.05, 4.69) is 0 Å². The standard InChI is InChI=1S/C22H24FNO3/c1-15-2-8-19(9-3-15)26-14-22(25)24-17-6-7-18(24)13-21(12-17)27-20-10-4-16(23)5-11-20/h2-5,8-11,17-18,21H,6-7,12-14H2,1H3/t17-,18+,21?. The number of carbonyl (C=O) groups excluding carboxylic acids is 1. The van der Waals surface area contributed by atoms with Gasteiger partial charge in [-0.15, -0.1) is 0 Å². The number of halogens is 1. The molecule has 5 heteroatoms. The van der Waals surface area contributed by atoms with E-state index in [9.17, 15) is 9.18 Å². The SMILES string of the molecule is Cc1ccc(OCC(=O)N2[C@@H]3CC[C@H]2CC(Oc2ccc(F)cc2)C3)cc1. The molecule has 4 nitrogen and oxygen atoms in total. The van der Waals surface area contributed by atoms with Crippen molar-refractivity contribution in [2.24, 2.45) is 0 Å². The van der Waals surface area contributed by atoms with Crippen LogP contribution in [0.2, 0.25) is 0 Å². The Morgan fingerprint density at radius 3 is 2.22 bits per heavy atom. The number of hydrogen-bond acceptors (Lipinski definition) is 3. The predicted molar refractivity (Wildman–Crippen MR) is 100 cm³/mol. The van der Waals surface area contributed by atoms with Gasteiger partial charge in [0.1, 0.15) is 23.4 Å². The van der Waals surface area contributed by atoms with Crippen LogP contribution >= 0.6 is 0 Å². The molecule has 3 atom stereocenters. The Balaban J connectivity index is 1.33. The van der Waals surface area contributed by atoms with E-state index in [0.717, 1.165) is 37.0 Å². The summed E-state index contributed by atoms with van der Waals surface area (Å²) < 4.78 is 24.7. The van der Waals surface area contributed by atoms with Crippen LogP contribution in [0.4, 0.5) is 4.39 Å². The molecule has 2 fully saturated rings. The Kier molecular flexibility index (Phi) is 5.01. The summed E-state index contributed by atoms with van der Waals surface area (Å²) in [6, 6.07) is 14.3. The second-order valence-electron chi connectivity index (χ2n) is 7.45. The quantitative estimate of drug-likeness (QED) is 0.796. The highest BCUT2D eigenvalue weighted by Crippen LogP contribution is 2.37. The predicted octanol–water partition coefficient (Wildman–Crippen LogP) is 4.11. The van der Waals surface area contributed by atoms with Crippen LogP contribution in [0.25, 0.3) is 0 Å². The molecule has 2 aliphatic rings. The molecule has 4 rings (SSSR count). The minimum atomic E-state index is -0.267. The zero-order valence-electron chi connectivity index (χ0n) is 15.4. The van der Waals surface area contributed by atoms with Gasteiger partial charge in [0.15, 0.2) is 6.61 Å². The molecule has 1 amide bonds. The van der Waals surface area contributed by atoms with E-state index < -0.39 is 0 Å². The fourth-order valence-corrected chi connectivity index (χ4v) is 4.19. The third-order valence-electron chi connectivity index (χ3n) is 5.48. The minimum Gasteiger partial charge on any atom is -0.490 e. The van der Waals surface area contributed by atoms with Crippen molar-refractivity contribution >= 4 is 5.91 Å². The van der Waals surface area contributed by atoms with Crippen LogP contribution in [-0.2, 0) is 4.79 Å². The second-order valence-corrected chi connectivity index (χ2v) is 7.45. The monoisotopic (exact) mass is 369 g/mol. The summed E-state index contributed by atoms with van der Waals surface area (Å²) in [5.41, 5.74) is 1.16. The number of fused-ring (bicyclic) bond motifs is 2. The van der Waals surface area contributed by atoms with Crippen molar-refractivity contribution in [3.63, 3.8) is 0 Å². The third-order valence-corrected chi connectivity index (χ3v) is 5.48. The Morgan fingerprint density at radius 2 is 1.59 bits per heavy atom. The minimum absolute atomic E-state index is 0.0447. The van der Waals surface area contributed by atoms with Gasteiger partial charge in [-0.05, 0) is 56.2 Å². The first kappa shape index (κ1) is 17.8. The first-order chi connectivity index (χ1) is 13.1. The summed E-state index contributed by atoms with van der Waals surface area (Å²) in [4.78, 5) is 14.7. The molecule has 2 aromatic carbocycles. The molecular formula is C22H24FNO3. The maximum Gasteiger partial charge on any atom is 0.261 e. The summed E-state index contributed by atoms with van der Waals surface area (Å²) in [6.07, 6.45) is 3.69. The van der Waals surface area contributed by atoms with E-state index in [4.69, 9.17) is 9.47 Å². The lowest BCUT2D eigenvalue weighted by molar-refractivity contribution is -0.139. The molecule has 2 heterocycles. The molecule has 142 valence electrons. The number of ether oxygens (including phenoxy) is 2. The van der Waals surface area contributed by atoms with Crippen molar-refractivity contribution in [1.29, 1.82) is 0 Å². The van der Waals surface area contributed by atoms with Crippen molar-refractivity contribution in [3.8, 4) is 11.5 Å². The molecule has 0 aliphatic carbocycles. The molecule has 2 aliphatic heterocycles. The van der Waals surface area contributed by atoms with Crippen LogP contribution in [-0.4, -0.2) is 35.6 Å². The van der Waals surface area contributed by atoms with Gasteiger partial charge in [-0.1, -0.05) is 17.7 Å². The Morgan fingerprint density at radius 1 is 1.00 bits per heavy atom. The third kappa shape index (κ3) is 4.07. The summed E-state index contributed by atoms with van der Waals surface area (Å²) in [7, 11) is 0. The van der Waals surface area contributed by atoms with Crippen LogP contribution in [0.3, 0.4) is 0 Å². The number of carbonyl (C=O) groups is 1. The first-order valence-corrected chi connectivity index (χ1v) is 9.51. The van der Waals surface area contributed by atoms with Gasteiger partial charge >= 0.3 is 0 Å². The van der Waals surface area contributed by atoms with E-state index in [-0.39, 0.29) is 36.5 Å². The van der Waals surface area contributed by atoms with E-state index in [1.165, 1.54) is 12.1 Å². The summed E-state index contributed by atoms with van der Waals surface area (Å²) in [5, 5.41) is 0. The molecule has 2 aromatic rings. The van der Waals surface area contributed by atoms with Gasteiger partial charge in [-0.25, -0.2) is 4.39 Å². The lowest BCUT2D eigenvalue weighted by Crippen LogP contribution is -2.50. The van der Waals surface area contributed by atoms with Gasteiger partial charge in [0, 0.05) is 24.9 Å².